The Morgan fingerprint density at radius 3 is 2.31 bits per heavy atom. The number of carbonyl (C=O) groups is 1. The predicted molar refractivity (Wildman–Crippen MR) is 63.5 cm³/mol. The predicted octanol–water partition coefficient (Wildman–Crippen LogP) is 2.00. The van der Waals surface area contributed by atoms with Gasteiger partial charge in [-0.2, -0.15) is 0 Å². The van der Waals surface area contributed by atoms with Gasteiger partial charge < -0.3 is 4.74 Å². The Kier molecular flexibility index (Phi) is 3.65. The lowest BCUT2D eigenvalue weighted by Crippen LogP contribution is -2.52. The van der Waals surface area contributed by atoms with E-state index >= 15 is 0 Å². The number of likely N-dealkylation sites (tertiary alicyclic amines) is 1. The highest BCUT2D eigenvalue weighted by Crippen LogP contribution is 2.33. The average molecular weight is 225 g/mol. The van der Waals surface area contributed by atoms with Crippen molar-refractivity contribution >= 4 is 5.78 Å². The molecule has 0 unspecified atom stereocenters. The highest BCUT2D eigenvalue weighted by atomic mass is 16.5. The van der Waals surface area contributed by atoms with Gasteiger partial charge in [0.05, 0.1) is 6.10 Å². The van der Waals surface area contributed by atoms with Crippen LogP contribution in [0.25, 0.3) is 0 Å². The molecule has 1 aliphatic heterocycles. The van der Waals surface area contributed by atoms with Crippen molar-refractivity contribution in [2.24, 2.45) is 0 Å². The number of methoxy groups -OCH3 is 1. The van der Waals surface area contributed by atoms with Gasteiger partial charge in [-0.3, -0.25) is 9.69 Å². The van der Waals surface area contributed by atoms with Crippen LogP contribution >= 0.6 is 0 Å². The Hall–Kier alpha value is -0.410. The lowest BCUT2D eigenvalue weighted by Gasteiger charge is -2.46. The van der Waals surface area contributed by atoms with Crippen LogP contribution in [0.5, 0.6) is 0 Å². The number of nitrogens with zero attached hydrogens (tertiary/aromatic N) is 1. The molecular formula is C13H23NO2. The van der Waals surface area contributed by atoms with E-state index in [1.165, 1.54) is 0 Å². The number of hydrogen-bond donors (Lipinski definition) is 0. The molecule has 1 aliphatic carbocycles. The van der Waals surface area contributed by atoms with E-state index in [4.69, 9.17) is 4.74 Å². The smallest absolute Gasteiger partial charge is 0.133 e. The summed E-state index contributed by atoms with van der Waals surface area (Å²) >= 11 is 0. The van der Waals surface area contributed by atoms with Crippen LogP contribution in [-0.2, 0) is 9.53 Å². The van der Waals surface area contributed by atoms with Crippen LogP contribution in [0.15, 0.2) is 0 Å². The first-order valence-electron chi connectivity index (χ1n) is 6.43. The van der Waals surface area contributed by atoms with Gasteiger partial charge in [-0.1, -0.05) is 0 Å². The number of hydrogen-bond acceptors (Lipinski definition) is 3. The van der Waals surface area contributed by atoms with Crippen LogP contribution in [0.3, 0.4) is 0 Å². The molecule has 1 heterocycles. The third-order valence-corrected chi connectivity index (χ3v) is 4.42. The molecule has 0 atom stereocenters. The molecule has 0 aromatic carbocycles. The highest BCUT2D eigenvalue weighted by Gasteiger charge is 2.37. The molecule has 0 bridgehead atoms. The summed E-state index contributed by atoms with van der Waals surface area (Å²) < 4.78 is 5.40. The standard InChI is InChI=1S/C13H23NO2/c1-13(7-3-11(15)4-8-13)14-9-5-12(16-2)6-10-14/h12H,3-10H2,1-2H3. The van der Waals surface area contributed by atoms with Gasteiger partial charge in [0.15, 0.2) is 0 Å². The maximum Gasteiger partial charge on any atom is 0.133 e. The molecule has 0 radical (unpaired) electrons. The lowest BCUT2D eigenvalue weighted by molar-refractivity contribution is -0.123. The van der Waals surface area contributed by atoms with Gasteiger partial charge in [0.25, 0.3) is 0 Å². The minimum Gasteiger partial charge on any atom is -0.381 e. The molecule has 2 fully saturated rings. The molecule has 2 rings (SSSR count). The average Bonchev–Trinajstić information content (AvgIpc) is 2.33. The molecule has 0 spiro atoms. The Balaban J connectivity index is 1.90. The number of ether oxygens (including phenoxy) is 1. The maximum absolute atomic E-state index is 11.3. The van der Waals surface area contributed by atoms with Gasteiger partial charge in [-0.15, -0.1) is 0 Å². The molecule has 3 heteroatoms. The number of piperidine rings is 1. The van der Waals surface area contributed by atoms with Gasteiger partial charge in [-0.25, -0.2) is 0 Å². The van der Waals surface area contributed by atoms with Crippen molar-refractivity contribution in [3.8, 4) is 0 Å². The monoisotopic (exact) mass is 225 g/mol. The topological polar surface area (TPSA) is 29.5 Å². The van der Waals surface area contributed by atoms with Crippen molar-refractivity contribution in [2.45, 2.75) is 57.1 Å². The number of rotatable bonds is 2. The van der Waals surface area contributed by atoms with Gasteiger partial charge in [0, 0.05) is 38.6 Å². The third kappa shape index (κ3) is 2.46. The van der Waals surface area contributed by atoms with Crippen LogP contribution in [0, 0.1) is 0 Å². The Morgan fingerprint density at radius 2 is 1.81 bits per heavy atom. The van der Waals surface area contributed by atoms with Crippen molar-refractivity contribution in [1.82, 2.24) is 4.90 Å². The molecule has 92 valence electrons. The summed E-state index contributed by atoms with van der Waals surface area (Å²) in [6.07, 6.45) is 6.37. The van der Waals surface area contributed by atoms with E-state index in [0.29, 0.717) is 11.9 Å². The fourth-order valence-electron chi connectivity index (χ4n) is 3.01. The molecular weight excluding hydrogens is 202 g/mol. The molecule has 1 saturated carbocycles. The van der Waals surface area contributed by atoms with Crippen LogP contribution in [-0.4, -0.2) is 42.5 Å². The molecule has 0 aromatic heterocycles. The molecule has 2 aliphatic rings. The van der Waals surface area contributed by atoms with E-state index in [2.05, 4.69) is 11.8 Å². The Bertz CT molecular complexity index is 247. The minimum atomic E-state index is 0.270. The van der Waals surface area contributed by atoms with Crippen molar-refractivity contribution < 1.29 is 9.53 Å². The van der Waals surface area contributed by atoms with Crippen molar-refractivity contribution in [2.75, 3.05) is 20.2 Å². The largest absolute Gasteiger partial charge is 0.381 e. The van der Waals surface area contributed by atoms with Crippen LogP contribution in [0.4, 0.5) is 0 Å². The first-order valence-corrected chi connectivity index (χ1v) is 6.43. The summed E-state index contributed by atoms with van der Waals surface area (Å²) in [5.74, 6) is 0.448. The summed E-state index contributed by atoms with van der Waals surface area (Å²) in [5.41, 5.74) is 0.270. The number of Topliss-reactive ketones (excluding diaryl/α,β-unsaturated/α-hetero) is 1. The first-order chi connectivity index (χ1) is 7.64. The van der Waals surface area contributed by atoms with Gasteiger partial charge in [0.1, 0.15) is 5.78 Å². The van der Waals surface area contributed by atoms with E-state index in [0.717, 1.165) is 51.6 Å². The van der Waals surface area contributed by atoms with Gasteiger partial charge >= 0.3 is 0 Å². The fraction of sp³-hybridized carbons (Fsp3) is 0.923. The molecule has 0 aromatic rings. The van der Waals surface area contributed by atoms with E-state index < -0.39 is 0 Å². The van der Waals surface area contributed by atoms with Crippen LogP contribution in [0.2, 0.25) is 0 Å². The van der Waals surface area contributed by atoms with Gasteiger partial charge in [0.2, 0.25) is 0 Å². The number of ketones is 1. The van der Waals surface area contributed by atoms with Crippen molar-refractivity contribution in [1.29, 1.82) is 0 Å². The molecule has 0 amide bonds. The first kappa shape index (κ1) is 12.1. The maximum atomic E-state index is 11.3. The van der Waals surface area contributed by atoms with Crippen molar-refractivity contribution in [3.63, 3.8) is 0 Å². The van der Waals surface area contributed by atoms with Crippen LogP contribution in [0.1, 0.15) is 45.4 Å². The molecule has 16 heavy (non-hydrogen) atoms. The van der Waals surface area contributed by atoms with Crippen LogP contribution < -0.4 is 0 Å². The van der Waals surface area contributed by atoms with E-state index in [1.54, 1.807) is 7.11 Å². The minimum absolute atomic E-state index is 0.270. The lowest BCUT2D eigenvalue weighted by atomic mass is 9.80. The Morgan fingerprint density at radius 1 is 1.25 bits per heavy atom. The van der Waals surface area contributed by atoms with Gasteiger partial charge in [-0.05, 0) is 32.6 Å². The molecule has 3 nitrogen and oxygen atoms in total. The second-order valence-corrected chi connectivity index (χ2v) is 5.46. The molecule has 1 saturated heterocycles. The zero-order valence-corrected chi connectivity index (χ0v) is 10.5. The summed E-state index contributed by atoms with van der Waals surface area (Å²) in [6.45, 7) is 4.58. The summed E-state index contributed by atoms with van der Waals surface area (Å²) in [6, 6.07) is 0. The Labute approximate surface area is 98.1 Å². The van der Waals surface area contributed by atoms with E-state index in [1.807, 2.05) is 0 Å². The van der Waals surface area contributed by atoms with E-state index in [-0.39, 0.29) is 5.54 Å². The summed E-state index contributed by atoms with van der Waals surface area (Å²) in [7, 11) is 1.81. The summed E-state index contributed by atoms with van der Waals surface area (Å²) in [4.78, 5) is 13.9. The molecule has 0 N–H and O–H groups in total. The zero-order chi connectivity index (χ0) is 11.6. The van der Waals surface area contributed by atoms with E-state index in [9.17, 15) is 4.79 Å². The third-order valence-electron chi connectivity index (χ3n) is 4.42. The highest BCUT2D eigenvalue weighted by molar-refractivity contribution is 5.79. The number of carbonyl (C=O) groups excluding carboxylic acids is 1. The second kappa shape index (κ2) is 4.84. The zero-order valence-electron chi connectivity index (χ0n) is 10.5. The normalized spacial score (nSPS) is 28.2. The second-order valence-electron chi connectivity index (χ2n) is 5.46. The SMILES string of the molecule is COC1CCN(C2(C)CCC(=O)CC2)CC1. The quantitative estimate of drug-likeness (QED) is 0.720. The summed E-state index contributed by atoms with van der Waals surface area (Å²) in [5, 5.41) is 0. The van der Waals surface area contributed by atoms with Crippen molar-refractivity contribution in [3.05, 3.63) is 0 Å². The fourth-order valence-corrected chi connectivity index (χ4v) is 3.01.